The van der Waals surface area contributed by atoms with Crippen LogP contribution in [-0.4, -0.2) is 48.9 Å². The molecule has 2 aromatic carbocycles. The third-order valence-corrected chi connectivity index (χ3v) is 7.62. The fourth-order valence-corrected chi connectivity index (χ4v) is 5.24. The van der Waals surface area contributed by atoms with E-state index in [9.17, 15) is 22.4 Å². The van der Waals surface area contributed by atoms with Crippen molar-refractivity contribution >= 4 is 27.6 Å². The summed E-state index contributed by atoms with van der Waals surface area (Å²) in [7, 11) is -3.60. The van der Waals surface area contributed by atoms with Gasteiger partial charge in [0.2, 0.25) is 10.0 Å². The number of ether oxygens (including phenoxy) is 1. The van der Waals surface area contributed by atoms with Gasteiger partial charge >= 0.3 is 5.97 Å². The van der Waals surface area contributed by atoms with Crippen LogP contribution < -0.4 is 5.32 Å². The minimum atomic E-state index is -3.60. The zero-order valence-corrected chi connectivity index (χ0v) is 20.9. The molecule has 0 saturated carbocycles. The summed E-state index contributed by atoms with van der Waals surface area (Å²) >= 11 is 0. The number of amides is 1. The summed E-state index contributed by atoms with van der Waals surface area (Å²) in [5.41, 5.74) is 2.73. The Labute approximate surface area is 204 Å². The number of hydrogen-bond donors (Lipinski definition) is 1. The van der Waals surface area contributed by atoms with E-state index in [-0.39, 0.29) is 10.7 Å². The van der Waals surface area contributed by atoms with Gasteiger partial charge in [-0.2, -0.15) is 4.31 Å². The molecule has 0 spiro atoms. The first kappa shape index (κ1) is 26.1. The number of aryl methyl sites for hydroxylation is 1. The molecule has 0 fully saturated rings. The third kappa shape index (κ3) is 5.77. The van der Waals surface area contributed by atoms with Gasteiger partial charge in [-0.25, -0.2) is 17.6 Å². The Kier molecular flexibility index (Phi) is 8.08. The molecule has 0 atom stereocenters. The summed E-state index contributed by atoms with van der Waals surface area (Å²) in [4.78, 5) is 25.0. The molecule has 8 nitrogen and oxygen atoms in total. The monoisotopic (exact) mass is 501 g/mol. The molecule has 0 unspecified atom stereocenters. The van der Waals surface area contributed by atoms with Gasteiger partial charge in [-0.05, 0) is 68.4 Å². The molecule has 0 radical (unpaired) electrons. The van der Waals surface area contributed by atoms with Crippen LogP contribution >= 0.6 is 0 Å². The van der Waals surface area contributed by atoms with Crippen molar-refractivity contribution in [2.24, 2.45) is 0 Å². The van der Waals surface area contributed by atoms with E-state index in [2.05, 4.69) is 5.32 Å². The topological polar surface area (TPSA) is 97.7 Å². The molecule has 10 heteroatoms. The molecule has 0 aliphatic heterocycles. The molecule has 0 aliphatic rings. The van der Waals surface area contributed by atoms with Crippen LogP contribution in [-0.2, 0) is 19.6 Å². The highest BCUT2D eigenvalue weighted by atomic mass is 32.2. The lowest BCUT2D eigenvalue weighted by atomic mass is 10.2. The highest BCUT2D eigenvalue weighted by Crippen LogP contribution is 2.22. The Balaban J connectivity index is 1.63. The Morgan fingerprint density at radius 2 is 1.60 bits per heavy atom. The quantitative estimate of drug-likeness (QED) is 0.446. The summed E-state index contributed by atoms with van der Waals surface area (Å²) in [5.74, 6) is -1.59. The second-order valence-corrected chi connectivity index (χ2v) is 9.77. The van der Waals surface area contributed by atoms with Gasteiger partial charge in [0.15, 0.2) is 6.61 Å². The number of carbonyl (C=O) groups is 2. The van der Waals surface area contributed by atoms with Crippen molar-refractivity contribution in [2.45, 2.75) is 32.6 Å². The molecule has 3 rings (SSSR count). The molecule has 1 amide bonds. The van der Waals surface area contributed by atoms with Gasteiger partial charge in [-0.1, -0.05) is 13.8 Å². The summed E-state index contributed by atoms with van der Waals surface area (Å²) in [6.07, 6.45) is 0. The van der Waals surface area contributed by atoms with Gasteiger partial charge in [0.25, 0.3) is 5.91 Å². The molecule has 35 heavy (non-hydrogen) atoms. The summed E-state index contributed by atoms with van der Waals surface area (Å²) in [6, 6.07) is 13.3. The number of benzene rings is 2. The second-order valence-electron chi connectivity index (χ2n) is 7.83. The van der Waals surface area contributed by atoms with Crippen LogP contribution in [0.3, 0.4) is 0 Å². The van der Waals surface area contributed by atoms with E-state index in [0.29, 0.717) is 35.7 Å². The Morgan fingerprint density at radius 1 is 1.00 bits per heavy atom. The molecule has 1 N–H and O–H groups in total. The Hall–Kier alpha value is -3.50. The predicted octanol–water partition coefficient (Wildman–Crippen LogP) is 4.06. The zero-order valence-electron chi connectivity index (χ0n) is 20.0. The van der Waals surface area contributed by atoms with Crippen molar-refractivity contribution in [3.05, 3.63) is 77.4 Å². The van der Waals surface area contributed by atoms with Crippen molar-refractivity contribution < 1.29 is 27.1 Å². The lowest BCUT2D eigenvalue weighted by Crippen LogP contribution is -2.30. The fraction of sp³-hybridized carbons (Fsp3) is 0.280. The smallest absolute Gasteiger partial charge is 0.340 e. The van der Waals surface area contributed by atoms with E-state index in [1.165, 1.54) is 40.7 Å². The van der Waals surface area contributed by atoms with Crippen molar-refractivity contribution in [2.75, 3.05) is 25.0 Å². The average molecular weight is 502 g/mol. The summed E-state index contributed by atoms with van der Waals surface area (Å²) in [5, 5.41) is 2.58. The first-order chi connectivity index (χ1) is 16.6. The maximum atomic E-state index is 13.3. The Bertz CT molecular complexity index is 1310. The van der Waals surface area contributed by atoms with Crippen LogP contribution in [0.4, 0.5) is 10.1 Å². The van der Waals surface area contributed by atoms with Crippen LogP contribution in [0.2, 0.25) is 0 Å². The van der Waals surface area contributed by atoms with Gasteiger partial charge < -0.3 is 14.6 Å². The number of anilines is 1. The first-order valence-electron chi connectivity index (χ1n) is 11.1. The van der Waals surface area contributed by atoms with E-state index >= 15 is 0 Å². The molecule has 1 heterocycles. The predicted molar refractivity (Wildman–Crippen MR) is 131 cm³/mol. The van der Waals surface area contributed by atoms with Crippen molar-refractivity contribution in [3.63, 3.8) is 0 Å². The molecule has 0 bridgehead atoms. The number of sulfonamides is 1. The van der Waals surface area contributed by atoms with Gasteiger partial charge in [-0.3, -0.25) is 4.79 Å². The molecule has 0 aliphatic carbocycles. The van der Waals surface area contributed by atoms with E-state index < -0.39 is 28.5 Å². The van der Waals surface area contributed by atoms with Crippen molar-refractivity contribution in [1.29, 1.82) is 0 Å². The van der Waals surface area contributed by atoms with E-state index in [1.807, 2.05) is 6.92 Å². The number of nitrogens with zero attached hydrogens (tertiary/aromatic N) is 2. The number of esters is 1. The fourth-order valence-electron chi connectivity index (χ4n) is 3.79. The van der Waals surface area contributed by atoms with Crippen LogP contribution in [0.15, 0.2) is 59.5 Å². The number of halogens is 1. The highest BCUT2D eigenvalue weighted by molar-refractivity contribution is 7.89. The van der Waals surface area contributed by atoms with E-state index in [1.54, 1.807) is 43.5 Å². The second kappa shape index (κ2) is 10.8. The van der Waals surface area contributed by atoms with Crippen LogP contribution in [0.1, 0.15) is 35.6 Å². The van der Waals surface area contributed by atoms with Crippen LogP contribution in [0, 0.1) is 19.7 Å². The SMILES string of the molecule is CCN(CC)S(=O)(=O)c1ccc(NC(=O)COC(=O)c2cc(C)n(-c3ccc(F)cc3)c2C)cc1. The standard InChI is InChI=1S/C25H28FN3O5S/c1-5-28(6-2)35(32,33)22-13-9-20(10-14-22)27-24(30)16-34-25(31)23-15-17(3)29(18(23)4)21-11-7-19(26)8-12-21/h7-15H,5-6,16H2,1-4H3,(H,27,30). The minimum Gasteiger partial charge on any atom is -0.452 e. The number of nitrogens with one attached hydrogen (secondary N) is 1. The molecular formula is C25H28FN3O5S. The highest BCUT2D eigenvalue weighted by Gasteiger charge is 2.22. The van der Waals surface area contributed by atoms with E-state index in [4.69, 9.17) is 4.74 Å². The lowest BCUT2D eigenvalue weighted by molar-refractivity contribution is -0.119. The molecule has 186 valence electrons. The molecule has 0 saturated heterocycles. The van der Waals surface area contributed by atoms with Gasteiger partial charge in [0.05, 0.1) is 10.5 Å². The van der Waals surface area contributed by atoms with Crippen LogP contribution in [0.25, 0.3) is 5.69 Å². The van der Waals surface area contributed by atoms with Gasteiger partial charge in [0, 0.05) is 35.9 Å². The van der Waals surface area contributed by atoms with Gasteiger partial charge in [0.1, 0.15) is 5.82 Å². The van der Waals surface area contributed by atoms with Crippen LogP contribution in [0.5, 0.6) is 0 Å². The van der Waals surface area contributed by atoms with Crippen molar-refractivity contribution in [3.8, 4) is 5.69 Å². The average Bonchev–Trinajstić information content (AvgIpc) is 3.13. The number of hydrogen-bond acceptors (Lipinski definition) is 5. The normalized spacial score (nSPS) is 11.5. The third-order valence-electron chi connectivity index (χ3n) is 5.55. The number of carbonyl (C=O) groups excluding carboxylic acids is 2. The molecule has 1 aromatic heterocycles. The maximum absolute atomic E-state index is 13.3. The molecule has 3 aromatic rings. The number of rotatable bonds is 9. The Morgan fingerprint density at radius 3 is 2.17 bits per heavy atom. The largest absolute Gasteiger partial charge is 0.452 e. The lowest BCUT2D eigenvalue weighted by Gasteiger charge is -2.18. The summed E-state index contributed by atoms with van der Waals surface area (Å²) < 4.78 is 46.7. The maximum Gasteiger partial charge on any atom is 0.340 e. The van der Waals surface area contributed by atoms with E-state index in [0.717, 1.165) is 5.69 Å². The first-order valence-corrected chi connectivity index (χ1v) is 12.5. The molecular weight excluding hydrogens is 473 g/mol. The minimum absolute atomic E-state index is 0.127. The van der Waals surface area contributed by atoms with Crippen molar-refractivity contribution in [1.82, 2.24) is 8.87 Å². The summed E-state index contributed by atoms with van der Waals surface area (Å²) in [6.45, 7) is 7.27. The zero-order chi connectivity index (χ0) is 25.8. The van der Waals surface area contributed by atoms with Gasteiger partial charge in [-0.15, -0.1) is 0 Å². The number of aromatic nitrogens is 1.